The lowest BCUT2D eigenvalue weighted by Crippen LogP contribution is -2.15. The molecule has 2 aromatic carbocycles. The van der Waals surface area contributed by atoms with Crippen LogP contribution in [0, 0.1) is 5.92 Å². The molecule has 10 heteroatoms. The number of hydrogen-bond acceptors (Lipinski definition) is 6. The number of fused-ring (bicyclic) bond motifs is 1. The van der Waals surface area contributed by atoms with E-state index in [-0.39, 0.29) is 11.4 Å². The van der Waals surface area contributed by atoms with Crippen LogP contribution in [0.3, 0.4) is 0 Å². The monoisotopic (exact) mass is 474 g/mol. The van der Waals surface area contributed by atoms with Crippen molar-refractivity contribution in [1.82, 2.24) is 14.9 Å². The van der Waals surface area contributed by atoms with E-state index in [1.165, 1.54) is 28.6 Å². The smallest absolute Gasteiger partial charge is 0.417 e. The van der Waals surface area contributed by atoms with Crippen LogP contribution >= 0.6 is 11.8 Å². The molecule has 5 rings (SSSR count). The van der Waals surface area contributed by atoms with Gasteiger partial charge in [0.2, 0.25) is 5.16 Å². The fourth-order valence-corrected chi connectivity index (χ4v) is 4.97. The first kappa shape index (κ1) is 22.0. The molecule has 0 unspecified atom stereocenters. The molecule has 0 radical (unpaired) electrons. The van der Waals surface area contributed by atoms with Crippen LogP contribution in [-0.2, 0) is 17.3 Å². The van der Waals surface area contributed by atoms with Crippen LogP contribution in [0.5, 0.6) is 5.75 Å². The number of aromatic nitrogens is 3. The van der Waals surface area contributed by atoms with Crippen molar-refractivity contribution in [3.8, 4) is 17.1 Å². The molecule has 3 aromatic rings. The first-order valence-corrected chi connectivity index (χ1v) is 11.5. The fraction of sp³-hybridized carbons (Fsp3) is 0.348. The number of ether oxygens (including phenoxy) is 2. The van der Waals surface area contributed by atoms with Crippen molar-refractivity contribution in [2.75, 3.05) is 26.1 Å². The van der Waals surface area contributed by atoms with Gasteiger partial charge in [0, 0.05) is 24.5 Å². The molecule has 2 aliphatic heterocycles. The summed E-state index contributed by atoms with van der Waals surface area (Å²) in [4.78, 5) is 0. The summed E-state index contributed by atoms with van der Waals surface area (Å²) in [6.45, 7) is 1.50. The molecule has 1 saturated heterocycles. The number of thioether (sulfide) groups is 1. The van der Waals surface area contributed by atoms with Crippen LogP contribution in [0.4, 0.5) is 13.2 Å². The zero-order valence-electron chi connectivity index (χ0n) is 17.8. The Morgan fingerprint density at radius 2 is 2.03 bits per heavy atom. The standard InChI is InChI=1S/C23H21F3N4O2S/c1-31-20-7-6-15(11-16(20)10-14-8-9-32-12-14)19-13-33-22-28-27-21(30(22)29-19)17-4-2-3-5-18(17)23(24,25)26/h2-7,11,14H,8-10,12-13H2,1H3/t14-/m0/s1. The Morgan fingerprint density at radius 1 is 1.18 bits per heavy atom. The second-order valence-electron chi connectivity index (χ2n) is 7.96. The Kier molecular flexibility index (Phi) is 5.88. The molecule has 0 saturated carbocycles. The summed E-state index contributed by atoms with van der Waals surface area (Å²) < 4.78 is 53.2. The van der Waals surface area contributed by atoms with Crippen molar-refractivity contribution in [2.24, 2.45) is 11.0 Å². The largest absolute Gasteiger partial charge is 0.496 e. The lowest BCUT2D eigenvalue weighted by Gasteiger charge is -2.18. The lowest BCUT2D eigenvalue weighted by atomic mass is 9.96. The number of benzene rings is 2. The van der Waals surface area contributed by atoms with Gasteiger partial charge >= 0.3 is 6.18 Å². The predicted molar refractivity (Wildman–Crippen MR) is 119 cm³/mol. The highest BCUT2D eigenvalue weighted by Gasteiger charge is 2.35. The zero-order valence-corrected chi connectivity index (χ0v) is 18.6. The van der Waals surface area contributed by atoms with Gasteiger partial charge < -0.3 is 9.47 Å². The Morgan fingerprint density at radius 3 is 2.79 bits per heavy atom. The van der Waals surface area contributed by atoms with Crippen LogP contribution in [-0.4, -0.2) is 46.7 Å². The summed E-state index contributed by atoms with van der Waals surface area (Å²) >= 11 is 1.40. The maximum absolute atomic E-state index is 13.6. The van der Waals surface area contributed by atoms with Gasteiger partial charge in [-0.3, -0.25) is 0 Å². The van der Waals surface area contributed by atoms with Crippen molar-refractivity contribution in [3.63, 3.8) is 0 Å². The minimum atomic E-state index is -4.51. The maximum Gasteiger partial charge on any atom is 0.417 e. The van der Waals surface area contributed by atoms with Gasteiger partial charge in [-0.2, -0.15) is 22.9 Å². The number of nitrogens with zero attached hydrogens (tertiary/aromatic N) is 4. The van der Waals surface area contributed by atoms with E-state index in [1.54, 1.807) is 13.2 Å². The molecule has 3 heterocycles. The topological polar surface area (TPSA) is 61.5 Å². The van der Waals surface area contributed by atoms with Crippen LogP contribution in [0.15, 0.2) is 52.7 Å². The van der Waals surface area contributed by atoms with Crippen molar-refractivity contribution in [3.05, 3.63) is 59.2 Å². The van der Waals surface area contributed by atoms with E-state index in [0.717, 1.165) is 54.7 Å². The number of halogens is 3. The molecule has 0 N–H and O–H groups in total. The molecule has 2 aliphatic rings. The number of methoxy groups -OCH3 is 1. The first-order valence-electron chi connectivity index (χ1n) is 10.5. The average molecular weight is 475 g/mol. The highest BCUT2D eigenvalue weighted by atomic mass is 32.2. The van der Waals surface area contributed by atoms with Crippen molar-refractivity contribution >= 4 is 17.5 Å². The molecule has 0 amide bonds. The average Bonchev–Trinajstić information content (AvgIpc) is 3.48. The quantitative estimate of drug-likeness (QED) is 0.526. The van der Waals surface area contributed by atoms with Crippen LogP contribution in [0.25, 0.3) is 11.4 Å². The van der Waals surface area contributed by atoms with Crippen molar-refractivity contribution in [2.45, 2.75) is 24.2 Å². The molecule has 0 spiro atoms. The van der Waals surface area contributed by atoms with Gasteiger partial charge in [0.05, 0.1) is 18.4 Å². The van der Waals surface area contributed by atoms with E-state index in [4.69, 9.17) is 9.47 Å². The zero-order chi connectivity index (χ0) is 23.0. The third-order valence-electron chi connectivity index (χ3n) is 5.79. The summed E-state index contributed by atoms with van der Waals surface area (Å²) in [5.41, 5.74) is 1.88. The van der Waals surface area contributed by atoms with Gasteiger partial charge in [0.1, 0.15) is 5.75 Å². The molecule has 172 valence electrons. The highest BCUT2D eigenvalue weighted by Crippen LogP contribution is 2.38. The third kappa shape index (κ3) is 4.37. The van der Waals surface area contributed by atoms with Gasteiger partial charge in [-0.15, -0.1) is 10.2 Å². The van der Waals surface area contributed by atoms with Crippen molar-refractivity contribution < 1.29 is 22.6 Å². The molecule has 33 heavy (non-hydrogen) atoms. The van der Waals surface area contributed by atoms with E-state index in [9.17, 15) is 13.2 Å². The summed E-state index contributed by atoms with van der Waals surface area (Å²) in [5.74, 6) is 1.85. The van der Waals surface area contributed by atoms with E-state index in [0.29, 0.717) is 16.8 Å². The van der Waals surface area contributed by atoms with Gasteiger partial charge in [-0.25, -0.2) is 0 Å². The van der Waals surface area contributed by atoms with Gasteiger partial charge in [-0.1, -0.05) is 30.0 Å². The van der Waals surface area contributed by atoms with Gasteiger partial charge in [0.15, 0.2) is 5.82 Å². The Labute approximate surface area is 192 Å². The Hall–Kier alpha value is -2.85. The number of rotatable bonds is 5. The van der Waals surface area contributed by atoms with Crippen molar-refractivity contribution in [1.29, 1.82) is 0 Å². The molecule has 0 bridgehead atoms. The molecule has 1 aromatic heterocycles. The SMILES string of the molecule is COc1ccc(C2=Nn3c(nnc3-c3ccccc3C(F)(F)F)SC2)cc1C[C@@H]1CCOC1. The van der Waals surface area contributed by atoms with Crippen LogP contribution in [0.1, 0.15) is 23.1 Å². The molecular weight excluding hydrogens is 453 g/mol. The summed E-state index contributed by atoms with van der Waals surface area (Å²) in [7, 11) is 1.64. The first-order chi connectivity index (χ1) is 15.9. The minimum Gasteiger partial charge on any atom is -0.496 e. The number of alkyl halides is 3. The van der Waals surface area contributed by atoms with Crippen LogP contribution in [0.2, 0.25) is 0 Å². The minimum absolute atomic E-state index is 0.0500. The summed E-state index contributed by atoms with van der Waals surface area (Å²) in [5, 5.41) is 13.2. The fourth-order valence-electron chi connectivity index (χ4n) is 4.14. The molecular formula is C23H21F3N4O2S. The molecule has 6 nitrogen and oxygen atoms in total. The molecule has 1 atom stereocenters. The normalized spacial score (nSPS) is 18.2. The predicted octanol–water partition coefficient (Wildman–Crippen LogP) is 4.91. The van der Waals surface area contributed by atoms with E-state index in [2.05, 4.69) is 21.4 Å². The van der Waals surface area contributed by atoms with Gasteiger partial charge in [-0.05, 0) is 54.2 Å². The number of hydrogen-bond donors (Lipinski definition) is 0. The van der Waals surface area contributed by atoms with E-state index in [1.807, 2.05) is 12.1 Å². The van der Waals surface area contributed by atoms with E-state index < -0.39 is 11.7 Å². The van der Waals surface area contributed by atoms with E-state index >= 15 is 0 Å². The molecule has 1 fully saturated rings. The maximum atomic E-state index is 13.6. The lowest BCUT2D eigenvalue weighted by molar-refractivity contribution is -0.137. The second-order valence-corrected chi connectivity index (χ2v) is 8.90. The van der Waals surface area contributed by atoms with Gasteiger partial charge in [0.25, 0.3) is 0 Å². The molecule has 0 aliphatic carbocycles. The Balaban J connectivity index is 1.53. The second kappa shape index (κ2) is 8.83. The summed E-state index contributed by atoms with van der Waals surface area (Å²) in [6.07, 6.45) is -2.66. The van der Waals surface area contributed by atoms with Crippen LogP contribution < -0.4 is 4.74 Å². The Bertz CT molecular complexity index is 1200. The highest BCUT2D eigenvalue weighted by molar-refractivity contribution is 7.99. The third-order valence-corrected chi connectivity index (χ3v) is 6.72. The summed E-state index contributed by atoms with van der Waals surface area (Å²) in [6, 6.07) is 11.2.